The number of hydrogen-bond donors (Lipinski definition) is 1. The van der Waals surface area contributed by atoms with Crippen molar-refractivity contribution in [2.24, 2.45) is 17.8 Å². The molecule has 1 fully saturated rings. The fourth-order valence-electron chi connectivity index (χ4n) is 3.20. The van der Waals surface area contributed by atoms with Crippen molar-refractivity contribution in [1.29, 1.82) is 5.26 Å². The quantitative estimate of drug-likeness (QED) is 0.896. The summed E-state index contributed by atoms with van der Waals surface area (Å²) < 4.78 is 0. The molecule has 19 heavy (non-hydrogen) atoms. The summed E-state index contributed by atoms with van der Waals surface area (Å²) >= 11 is 1.69. The Hall–Kier alpha value is -0.850. The number of thiophene rings is 1. The van der Waals surface area contributed by atoms with E-state index in [1.54, 1.807) is 11.3 Å². The maximum absolute atomic E-state index is 8.85. The molecule has 0 aromatic carbocycles. The molecule has 0 saturated heterocycles. The van der Waals surface area contributed by atoms with E-state index in [4.69, 9.17) is 5.26 Å². The van der Waals surface area contributed by atoms with E-state index in [-0.39, 0.29) is 0 Å². The van der Waals surface area contributed by atoms with Crippen LogP contribution >= 0.6 is 11.3 Å². The number of nitrogens with one attached hydrogen (secondary N) is 1. The molecule has 1 aromatic rings. The van der Waals surface area contributed by atoms with Crippen molar-refractivity contribution < 1.29 is 0 Å². The van der Waals surface area contributed by atoms with E-state index in [1.807, 2.05) is 11.4 Å². The second-order valence-electron chi connectivity index (χ2n) is 6.23. The molecular weight excluding hydrogens is 252 g/mol. The molecule has 0 radical (unpaired) electrons. The third-order valence-corrected chi connectivity index (χ3v) is 5.28. The maximum atomic E-state index is 8.85. The largest absolute Gasteiger partial charge is 0.309 e. The van der Waals surface area contributed by atoms with Gasteiger partial charge < -0.3 is 5.32 Å². The zero-order valence-corrected chi connectivity index (χ0v) is 13.0. The van der Waals surface area contributed by atoms with Crippen LogP contribution in [0, 0.1) is 29.1 Å². The van der Waals surface area contributed by atoms with Crippen molar-refractivity contribution in [1.82, 2.24) is 5.32 Å². The Morgan fingerprint density at radius 2 is 2.26 bits per heavy atom. The lowest BCUT2D eigenvalue weighted by Gasteiger charge is -2.38. The highest BCUT2D eigenvalue weighted by molar-refractivity contribution is 7.10. The Balaban J connectivity index is 1.93. The number of rotatable bonds is 4. The van der Waals surface area contributed by atoms with Crippen LogP contribution in [0.5, 0.6) is 0 Å². The minimum Gasteiger partial charge on any atom is -0.309 e. The van der Waals surface area contributed by atoms with Gasteiger partial charge in [-0.2, -0.15) is 5.26 Å². The van der Waals surface area contributed by atoms with E-state index in [1.165, 1.54) is 24.1 Å². The van der Waals surface area contributed by atoms with E-state index < -0.39 is 0 Å². The van der Waals surface area contributed by atoms with Gasteiger partial charge in [0.05, 0.1) is 5.56 Å². The average Bonchev–Trinajstić information content (AvgIpc) is 2.84. The Kier molecular flexibility index (Phi) is 5.01. The molecule has 1 aliphatic rings. The normalized spacial score (nSPS) is 27.4. The first-order chi connectivity index (χ1) is 9.10. The third kappa shape index (κ3) is 3.81. The summed E-state index contributed by atoms with van der Waals surface area (Å²) in [6.07, 6.45) is 4.02. The molecule has 0 amide bonds. The van der Waals surface area contributed by atoms with E-state index in [0.717, 1.165) is 29.9 Å². The zero-order chi connectivity index (χ0) is 13.8. The minimum absolute atomic E-state index is 0.636. The summed E-state index contributed by atoms with van der Waals surface area (Å²) in [6.45, 7) is 7.96. The van der Waals surface area contributed by atoms with Crippen molar-refractivity contribution in [3.8, 4) is 6.07 Å². The van der Waals surface area contributed by atoms with Gasteiger partial charge in [-0.25, -0.2) is 0 Å². The second kappa shape index (κ2) is 6.54. The van der Waals surface area contributed by atoms with E-state index in [0.29, 0.717) is 6.04 Å². The summed E-state index contributed by atoms with van der Waals surface area (Å²) in [4.78, 5) is 1.28. The molecule has 0 spiro atoms. The first-order valence-electron chi connectivity index (χ1n) is 7.31. The van der Waals surface area contributed by atoms with Gasteiger partial charge in [-0.15, -0.1) is 11.3 Å². The number of nitrogens with zero attached hydrogens (tertiary/aromatic N) is 1. The van der Waals surface area contributed by atoms with Crippen LogP contribution in [-0.4, -0.2) is 6.04 Å². The van der Waals surface area contributed by atoms with Crippen LogP contribution in [0.25, 0.3) is 0 Å². The van der Waals surface area contributed by atoms with Gasteiger partial charge in [0, 0.05) is 22.8 Å². The molecule has 3 unspecified atom stereocenters. The van der Waals surface area contributed by atoms with Crippen molar-refractivity contribution in [2.45, 2.75) is 52.6 Å². The zero-order valence-electron chi connectivity index (χ0n) is 12.1. The second-order valence-corrected chi connectivity index (χ2v) is 7.22. The van der Waals surface area contributed by atoms with Gasteiger partial charge in [-0.05, 0) is 36.7 Å². The van der Waals surface area contributed by atoms with E-state index >= 15 is 0 Å². The predicted octanol–water partition coefficient (Wildman–Crippen LogP) is 4.17. The summed E-state index contributed by atoms with van der Waals surface area (Å²) in [6, 6.07) is 4.85. The van der Waals surface area contributed by atoms with Crippen molar-refractivity contribution in [3.63, 3.8) is 0 Å². The van der Waals surface area contributed by atoms with Crippen LogP contribution < -0.4 is 5.32 Å². The first kappa shape index (κ1) is 14.6. The van der Waals surface area contributed by atoms with Gasteiger partial charge in [0.2, 0.25) is 0 Å². The SMILES string of the molecule is CC1CCC(C(C)C)C(NCc2cc(C#N)cs2)C1. The lowest BCUT2D eigenvalue weighted by molar-refractivity contribution is 0.169. The van der Waals surface area contributed by atoms with Crippen LogP contribution in [0.15, 0.2) is 11.4 Å². The topological polar surface area (TPSA) is 35.8 Å². The van der Waals surface area contributed by atoms with Gasteiger partial charge in [0.15, 0.2) is 0 Å². The molecule has 2 nitrogen and oxygen atoms in total. The van der Waals surface area contributed by atoms with Crippen LogP contribution in [-0.2, 0) is 6.54 Å². The molecule has 1 saturated carbocycles. The van der Waals surface area contributed by atoms with Crippen LogP contribution in [0.3, 0.4) is 0 Å². The molecule has 0 aliphatic heterocycles. The number of hydrogen-bond acceptors (Lipinski definition) is 3. The molecule has 1 aliphatic carbocycles. The van der Waals surface area contributed by atoms with Crippen LogP contribution in [0.4, 0.5) is 0 Å². The van der Waals surface area contributed by atoms with Crippen LogP contribution in [0.2, 0.25) is 0 Å². The van der Waals surface area contributed by atoms with Gasteiger partial charge in [0.1, 0.15) is 6.07 Å². The van der Waals surface area contributed by atoms with E-state index in [2.05, 4.69) is 32.2 Å². The van der Waals surface area contributed by atoms with Gasteiger partial charge >= 0.3 is 0 Å². The van der Waals surface area contributed by atoms with Crippen molar-refractivity contribution >= 4 is 11.3 Å². The lowest BCUT2D eigenvalue weighted by atomic mass is 9.74. The highest BCUT2D eigenvalue weighted by Crippen LogP contribution is 2.33. The molecule has 1 aromatic heterocycles. The first-order valence-corrected chi connectivity index (χ1v) is 8.19. The molecule has 1 N–H and O–H groups in total. The molecule has 3 heteroatoms. The number of nitriles is 1. The lowest BCUT2D eigenvalue weighted by Crippen LogP contribution is -2.42. The summed E-state index contributed by atoms with van der Waals surface area (Å²) in [5, 5.41) is 14.5. The summed E-state index contributed by atoms with van der Waals surface area (Å²) in [7, 11) is 0. The van der Waals surface area contributed by atoms with Gasteiger partial charge in [-0.1, -0.05) is 27.2 Å². The Morgan fingerprint density at radius 1 is 1.47 bits per heavy atom. The third-order valence-electron chi connectivity index (χ3n) is 4.34. The minimum atomic E-state index is 0.636. The van der Waals surface area contributed by atoms with Gasteiger partial charge in [0.25, 0.3) is 0 Å². The molecule has 0 bridgehead atoms. The molecule has 2 rings (SSSR count). The van der Waals surface area contributed by atoms with Gasteiger partial charge in [-0.3, -0.25) is 0 Å². The predicted molar refractivity (Wildman–Crippen MR) is 81.0 cm³/mol. The fraction of sp³-hybridized carbons (Fsp3) is 0.688. The van der Waals surface area contributed by atoms with Crippen molar-refractivity contribution in [2.75, 3.05) is 0 Å². The summed E-state index contributed by atoms with van der Waals surface area (Å²) in [5.41, 5.74) is 0.791. The van der Waals surface area contributed by atoms with E-state index in [9.17, 15) is 0 Å². The highest BCUT2D eigenvalue weighted by atomic mass is 32.1. The molecular formula is C16H24N2S. The maximum Gasteiger partial charge on any atom is 0.100 e. The molecule has 3 atom stereocenters. The standard InChI is InChI=1S/C16H24N2S/c1-11(2)15-5-4-12(3)6-16(15)18-9-14-7-13(8-17)10-19-14/h7,10-12,15-16,18H,4-6,9H2,1-3H3. The fourth-order valence-corrected chi connectivity index (χ4v) is 3.96. The smallest absolute Gasteiger partial charge is 0.100 e. The molecule has 104 valence electrons. The summed E-state index contributed by atoms with van der Waals surface area (Å²) in [5.74, 6) is 2.39. The Bertz CT molecular complexity index is 444. The Morgan fingerprint density at radius 3 is 2.89 bits per heavy atom. The average molecular weight is 276 g/mol. The monoisotopic (exact) mass is 276 g/mol. The highest BCUT2D eigenvalue weighted by Gasteiger charge is 2.30. The van der Waals surface area contributed by atoms with Crippen molar-refractivity contribution in [3.05, 3.63) is 21.9 Å². The Labute approximate surface area is 120 Å². The molecule has 1 heterocycles. The van der Waals surface area contributed by atoms with Crippen LogP contribution in [0.1, 0.15) is 50.5 Å².